The fourth-order valence-electron chi connectivity index (χ4n) is 5.97. The molecule has 0 unspecified atom stereocenters. The molecule has 5 heterocycles. The predicted molar refractivity (Wildman–Crippen MR) is 198 cm³/mol. The smallest absolute Gasteiger partial charge is 0.114 e. The van der Waals surface area contributed by atoms with Crippen molar-refractivity contribution in [1.82, 2.24) is 24.5 Å². The molecule has 0 amide bonds. The van der Waals surface area contributed by atoms with Gasteiger partial charge in [-0.15, -0.1) is 53.6 Å². The normalized spacial score (nSPS) is 11.9. The van der Waals surface area contributed by atoms with Gasteiger partial charge in [-0.3, -0.25) is 9.97 Å². The van der Waals surface area contributed by atoms with E-state index in [0.717, 1.165) is 50.6 Å². The molecule has 5 aromatic heterocycles. The summed E-state index contributed by atoms with van der Waals surface area (Å²) in [6.07, 6.45) is 6.84. The molecule has 2 aromatic carbocycles. The largest absolute Gasteiger partial charge is 0.366 e. The Bertz CT molecular complexity index is 2190. The first-order valence-corrected chi connectivity index (χ1v) is 20.1. The summed E-state index contributed by atoms with van der Waals surface area (Å²) in [4.78, 5) is 19.6. The topological polar surface area (TPSA) is 56.5 Å². The van der Waals surface area contributed by atoms with Crippen LogP contribution < -0.4 is 5.19 Å². The van der Waals surface area contributed by atoms with E-state index in [1.165, 1.54) is 31.8 Å². The van der Waals surface area contributed by atoms with Gasteiger partial charge >= 0.3 is 0 Å². The van der Waals surface area contributed by atoms with E-state index in [4.69, 9.17) is 15.0 Å². The van der Waals surface area contributed by atoms with Gasteiger partial charge in [0.05, 0.1) is 31.1 Å². The maximum atomic E-state index is 4.83. The van der Waals surface area contributed by atoms with Gasteiger partial charge in [-0.1, -0.05) is 76.0 Å². The van der Waals surface area contributed by atoms with Gasteiger partial charge in [0.1, 0.15) is 4.83 Å². The fraction of sp³-hybridized carbons (Fsp3) is 0.282. The third-order valence-corrected chi connectivity index (χ3v) is 11.3. The quantitative estimate of drug-likeness (QED) is 0.131. The second kappa shape index (κ2) is 13.5. The van der Waals surface area contributed by atoms with Gasteiger partial charge in [0.15, 0.2) is 0 Å². The van der Waals surface area contributed by atoms with Crippen molar-refractivity contribution in [1.29, 1.82) is 0 Å². The molecule has 0 atom stereocenters. The molecule has 7 rings (SSSR count). The molecular formula is C39H41IrN5SSi-2. The molecule has 0 fully saturated rings. The molecule has 243 valence electrons. The molecule has 1 radical (unpaired) electrons. The van der Waals surface area contributed by atoms with Crippen LogP contribution in [0.5, 0.6) is 0 Å². The maximum Gasteiger partial charge on any atom is 0.114 e. The van der Waals surface area contributed by atoms with Crippen molar-refractivity contribution >= 4 is 55.9 Å². The maximum absolute atomic E-state index is 4.83. The molecule has 0 bridgehead atoms. The van der Waals surface area contributed by atoms with Crippen molar-refractivity contribution in [3.05, 3.63) is 102 Å². The van der Waals surface area contributed by atoms with Gasteiger partial charge in [-0.25, -0.2) is 4.98 Å². The van der Waals surface area contributed by atoms with E-state index in [2.05, 4.69) is 106 Å². The van der Waals surface area contributed by atoms with Gasteiger partial charge < -0.3 is 9.55 Å². The van der Waals surface area contributed by atoms with Crippen molar-refractivity contribution in [3.63, 3.8) is 0 Å². The van der Waals surface area contributed by atoms with Crippen LogP contribution in [0, 0.1) is 31.4 Å². The first-order valence-electron chi connectivity index (χ1n) is 15.7. The summed E-state index contributed by atoms with van der Waals surface area (Å²) < 4.78 is 3.28. The molecular weight excluding hydrogens is 791 g/mol. The Morgan fingerprint density at radius 1 is 0.957 bits per heavy atom. The van der Waals surface area contributed by atoms with Crippen LogP contribution in [0.3, 0.4) is 0 Å². The van der Waals surface area contributed by atoms with E-state index < -0.39 is 8.07 Å². The zero-order valence-corrected chi connectivity index (χ0v) is 32.8. The third kappa shape index (κ3) is 7.31. The van der Waals surface area contributed by atoms with Crippen LogP contribution in [0.15, 0.2) is 73.2 Å². The predicted octanol–water partition coefficient (Wildman–Crippen LogP) is 9.50. The van der Waals surface area contributed by atoms with Gasteiger partial charge in [0, 0.05) is 50.6 Å². The summed E-state index contributed by atoms with van der Waals surface area (Å²) in [5.41, 5.74) is 9.12. The Balaban J connectivity index is 0.000000184. The van der Waals surface area contributed by atoms with Crippen LogP contribution >= 0.6 is 11.3 Å². The Morgan fingerprint density at radius 3 is 2.43 bits per heavy atom. The Kier molecular flexibility index (Phi) is 10.00. The summed E-state index contributed by atoms with van der Waals surface area (Å²) in [6, 6.07) is 25.3. The molecule has 0 aliphatic carbocycles. The molecule has 8 heteroatoms. The number of hydrogen-bond acceptors (Lipinski definition) is 5. The van der Waals surface area contributed by atoms with Gasteiger partial charge in [-0.2, -0.15) is 11.3 Å². The first kappa shape index (κ1) is 34.8. The third-order valence-electron chi connectivity index (χ3n) is 8.16. The number of hydrogen-bond donors (Lipinski definition) is 0. The monoisotopic (exact) mass is 832 g/mol. The molecule has 0 saturated carbocycles. The van der Waals surface area contributed by atoms with Crippen molar-refractivity contribution in [3.8, 4) is 22.6 Å². The number of imidazole rings is 1. The number of thiophene rings is 1. The van der Waals surface area contributed by atoms with E-state index in [1.807, 2.05) is 44.4 Å². The summed E-state index contributed by atoms with van der Waals surface area (Å²) in [5.74, 6) is 0.913. The number of nitrogens with zero attached hydrogens (tertiary/aromatic N) is 5. The molecule has 0 spiro atoms. The second-order valence-corrected chi connectivity index (χ2v) is 20.3. The minimum atomic E-state index is -1.37. The van der Waals surface area contributed by atoms with Crippen molar-refractivity contribution < 1.29 is 20.1 Å². The molecule has 7 aromatic rings. The Hall–Kier alpha value is -3.55. The van der Waals surface area contributed by atoms with Crippen molar-refractivity contribution in [2.45, 2.75) is 60.7 Å². The van der Waals surface area contributed by atoms with Crippen LogP contribution in [-0.4, -0.2) is 32.6 Å². The van der Waals surface area contributed by atoms with Gasteiger partial charge in [-0.05, 0) is 46.5 Å². The number of fused-ring (bicyclic) bond motifs is 4. The van der Waals surface area contributed by atoms with E-state index in [9.17, 15) is 0 Å². The second-order valence-electron chi connectivity index (χ2n) is 14.3. The molecule has 0 N–H and O–H groups in total. The van der Waals surface area contributed by atoms with Crippen LogP contribution in [0.2, 0.25) is 19.6 Å². The zero-order valence-electron chi connectivity index (χ0n) is 28.6. The molecule has 0 aliphatic rings. The summed E-state index contributed by atoms with van der Waals surface area (Å²) in [7, 11) is 0.655. The minimum absolute atomic E-state index is 0. The number of aryl methyl sites for hydroxylation is 3. The van der Waals surface area contributed by atoms with Crippen molar-refractivity contribution in [2.75, 3.05) is 0 Å². The van der Waals surface area contributed by atoms with E-state index in [0.29, 0.717) is 0 Å². The zero-order chi connectivity index (χ0) is 32.8. The average molecular weight is 832 g/mol. The van der Waals surface area contributed by atoms with Crippen LogP contribution in [0.4, 0.5) is 0 Å². The van der Waals surface area contributed by atoms with E-state index in [1.54, 1.807) is 17.5 Å². The Morgan fingerprint density at radius 2 is 1.74 bits per heavy atom. The number of aromatic nitrogens is 5. The van der Waals surface area contributed by atoms with Crippen LogP contribution in [0.25, 0.3) is 54.0 Å². The molecule has 0 aliphatic heterocycles. The number of rotatable bonds is 4. The Labute approximate surface area is 296 Å². The van der Waals surface area contributed by atoms with Crippen LogP contribution in [0.1, 0.15) is 37.6 Å². The molecule has 5 nitrogen and oxygen atoms in total. The van der Waals surface area contributed by atoms with E-state index >= 15 is 0 Å². The summed E-state index contributed by atoms with van der Waals surface area (Å²) in [5, 5.41) is 3.95. The van der Waals surface area contributed by atoms with Crippen LogP contribution in [-0.2, 0) is 33.6 Å². The number of benzene rings is 2. The van der Waals surface area contributed by atoms with Crippen molar-refractivity contribution in [2.24, 2.45) is 12.5 Å². The van der Waals surface area contributed by atoms with E-state index in [-0.39, 0.29) is 25.5 Å². The first-order chi connectivity index (χ1) is 21.8. The molecule has 47 heavy (non-hydrogen) atoms. The number of pyridine rings is 3. The summed E-state index contributed by atoms with van der Waals surface area (Å²) in [6.45, 7) is 18.2. The average Bonchev–Trinajstić information content (AvgIpc) is 3.55. The standard InChI is InChI=1S/C20H15N4S.C19H26NSi.Ir/c1-11-4-6-14(19-23-15-8-9-21-10-16(15)24(19)3)18-17(11)13-7-5-12(2)22-20(13)25-18;1-19(2,3)13-16-12-17(15-10-8-7-9-11-15)20-14-18(16)21(4,5)6;/h4-5,7-10H,1-3H3;7-10,12,14H,13H2,1-6H3;/q2*-1;. The molecule has 0 saturated heterocycles. The SMILES string of the molecule is CC(C)(C)Cc1cc(-c2[c-]cccc2)ncc1[Si](C)(C)C.Cc1ccc2c(n1)sc1c(-c3nc4ccncc4n3C)[c-]cc(C)c12.[Ir]. The minimum Gasteiger partial charge on any atom is -0.366 e. The van der Waals surface area contributed by atoms with Gasteiger partial charge in [0.25, 0.3) is 0 Å². The van der Waals surface area contributed by atoms with Gasteiger partial charge in [0.2, 0.25) is 0 Å². The fourth-order valence-corrected chi connectivity index (χ4v) is 8.84. The summed E-state index contributed by atoms with van der Waals surface area (Å²) >= 11 is 1.72.